The Kier molecular flexibility index (Phi) is 3.24. The SMILES string of the molecule is O=CCC#Cc1csc(C=O)c1. The van der Waals surface area contributed by atoms with E-state index in [4.69, 9.17) is 0 Å². The van der Waals surface area contributed by atoms with Gasteiger partial charge in [-0.1, -0.05) is 11.8 Å². The first-order valence-corrected chi connectivity index (χ1v) is 4.21. The van der Waals surface area contributed by atoms with Crippen molar-refractivity contribution in [1.29, 1.82) is 0 Å². The van der Waals surface area contributed by atoms with Gasteiger partial charge < -0.3 is 4.79 Å². The smallest absolute Gasteiger partial charge is 0.160 e. The highest BCUT2D eigenvalue weighted by molar-refractivity contribution is 7.11. The maximum absolute atomic E-state index is 10.3. The minimum Gasteiger partial charge on any atom is -0.302 e. The van der Waals surface area contributed by atoms with Crippen molar-refractivity contribution in [2.75, 3.05) is 0 Å². The van der Waals surface area contributed by atoms with Gasteiger partial charge in [-0.2, -0.15) is 0 Å². The number of hydrogen-bond donors (Lipinski definition) is 0. The van der Waals surface area contributed by atoms with E-state index in [1.54, 1.807) is 11.4 Å². The van der Waals surface area contributed by atoms with E-state index in [1.165, 1.54) is 11.3 Å². The van der Waals surface area contributed by atoms with Crippen LogP contribution in [-0.2, 0) is 4.79 Å². The highest BCUT2D eigenvalue weighted by Crippen LogP contribution is 2.10. The van der Waals surface area contributed by atoms with Crippen molar-refractivity contribution in [3.05, 3.63) is 21.9 Å². The van der Waals surface area contributed by atoms with E-state index in [-0.39, 0.29) is 6.42 Å². The number of carbonyl (C=O) groups excluding carboxylic acids is 2. The molecule has 0 saturated carbocycles. The fraction of sp³-hybridized carbons (Fsp3) is 0.111. The Labute approximate surface area is 74.2 Å². The Balaban J connectivity index is 2.71. The summed E-state index contributed by atoms with van der Waals surface area (Å²) in [5.74, 6) is 5.43. The molecule has 0 bridgehead atoms. The standard InChI is InChI=1S/C9H6O2S/c10-4-2-1-3-8-5-9(6-11)12-7-8/h4-7H,2H2. The predicted octanol–water partition coefficient (Wildman–Crippen LogP) is 1.50. The van der Waals surface area contributed by atoms with Gasteiger partial charge >= 0.3 is 0 Å². The molecule has 2 nitrogen and oxygen atoms in total. The van der Waals surface area contributed by atoms with Gasteiger partial charge in [-0.25, -0.2) is 0 Å². The molecule has 0 aliphatic heterocycles. The van der Waals surface area contributed by atoms with Crippen molar-refractivity contribution < 1.29 is 9.59 Å². The zero-order valence-electron chi connectivity index (χ0n) is 6.24. The van der Waals surface area contributed by atoms with E-state index in [9.17, 15) is 9.59 Å². The molecule has 0 unspecified atom stereocenters. The molecule has 1 heterocycles. The highest BCUT2D eigenvalue weighted by Gasteiger charge is 1.93. The normalized spacial score (nSPS) is 8.33. The maximum Gasteiger partial charge on any atom is 0.160 e. The van der Waals surface area contributed by atoms with Crippen LogP contribution in [0.3, 0.4) is 0 Å². The first-order chi connectivity index (χ1) is 5.86. The van der Waals surface area contributed by atoms with Gasteiger partial charge in [0.1, 0.15) is 6.29 Å². The number of carbonyl (C=O) groups is 2. The molecule has 0 fully saturated rings. The van der Waals surface area contributed by atoms with E-state index in [2.05, 4.69) is 11.8 Å². The van der Waals surface area contributed by atoms with Gasteiger partial charge in [0.25, 0.3) is 0 Å². The van der Waals surface area contributed by atoms with Crippen LogP contribution in [0.1, 0.15) is 21.7 Å². The van der Waals surface area contributed by atoms with Gasteiger partial charge in [-0.3, -0.25) is 4.79 Å². The molecule has 0 aliphatic rings. The van der Waals surface area contributed by atoms with Crippen LogP contribution >= 0.6 is 11.3 Å². The molecule has 0 atom stereocenters. The van der Waals surface area contributed by atoms with Gasteiger partial charge in [0.15, 0.2) is 6.29 Å². The minimum absolute atomic E-state index is 0.242. The molecule has 60 valence electrons. The Morgan fingerprint density at radius 1 is 1.50 bits per heavy atom. The first kappa shape index (κ1) is 8.69. The topological polar surface area (TPSA) is 34.1 Å². The molecule has 12 heavy (non-hydrogen) atoms. The lowest BCUT2D eigenvalue weighted by Gasteiger charge is -1.74. The quantitative estimate of drug-likeness (QED) is 0.508. The summed E-state index contributed by atoms with van der Waals surface area (Å²) < 4.78 is 0. The van der Waals surface area contributed by atoms with Crippen molar-refractivity contribution in [2.45, 2.75) is 6.42 Å². The fourth-order valence-corrected chi connectivity index (χ4v) is 1.32. The van der Waals surface area contributed by atoms with Crippen LogP contribution in [0.5, 0.6) is 0 Å². The lowest BCUT2D eigenvalue weighted by atomic mass is 10.3. The Hall–Kier alpha value is -1.40. The van der Waals surface area contributed by atoms with E-state index < -0.39 is 0 Å². The summed E-state index contributed by atoms with van der Waals surface area (Å²) in [6, 6.07) is 1.70. The highest BCUT2D eigenvalue weighted by atomic mass is 32.1. The summed E-state index contributed by atoms with van der Waals surface area (Å²) in [4.78, 5) is 20.8. The lowest BCUT2D eigenvalue weighted by Crippen LogP contribution is -1.69. The van der Waals surface area contributed by atoms with Crippen LogP contribution in [0.2, 0.25) is 0 Å². The number of rotatable bonds is 2. The number of aldehydes is 2. The largest absolute Gasteiger partial charge is 0.302 e. The average Bonchev–Trinajstić information content (AvgIpc) is 2.53. The second-order valence-corrected chi connectivity index (χ2v) is 2.97. The van der Waals surface area contributed by atoms with E-state index in [1.807, 2.05) is 0 Å². The average molecular weight is 178 g/mol. The van der Waals surface area contributed by atoms with Crippen molar-refractivity contribution in [3.8, 4) is 11.8 Å². The second kappa shape index (κ2) is 4.47. The molecule has 1 aromatic rings. The van der Waals surface area contributed by atoms with Crippen LogP contribution in [0.4, 0.5) is 0 Å². The first-order valence-electron chi connectivity index (χ1n) is 3.33. The zero-order valence-corrected chi connectivity index (χ0v) is 7.06. The van der Waals surface area contributed by atoms with Gasteiger partial charge in [0.05, 0.1) is 11.3 Å². The molecule has 1 aromatic heterocycles. The summed E-state index contributed by atoms with van der Waals surface area (Å²) in [7, 11) is 0. The van der Waals surface area contributed by atoms with Crippen molar-refractivity contribution in [3.63, 3.8) is 0 Å². The molecular formula is C9H6O2S. The van der Waals surface area contributed by atoms with Crippen LogP contribution in [0, 0.1) is 11.8 Å². The van der Waals surface area contributed by atoms with Crippen LogP contribution in [-0.4, -0.2) is 12.6 Å². The third-order valence-corrected chi connectivity index (χ3v) is 2.01. The Morgan fingerprint density at radius 3 is 2.92 bits per heavy atom. The van der Waals surface area contributed by atoms with E-state index in [0.717, 1.165) is 18.1 Å². The lowest BCUT2D eigenvalue weighted by molar-refractivity contribution is -0.107. The van der Waals surface area contributed by atoms with Gasteiger partial charge in [0, 0.05) is 10.9 Å². The molecule has 0 N–H and O–H groups in total. The fourth-order valence-electron chi connectivity index (χ4n) is 0.675. The van der Waals surface area contributed by atoms with Crippen molar-refractivity contribution >= 4 is 23.9 Å². The van der Waals surface area contributed by atoms with Crippen LogP contribution in [0.15, 0.2) is 11.4 Å². The molecule has 1 rings (SSSR count). The summed E-state index contributed by atoms with van der Waals surface area (Å²) in [6.45, 7) is 0. The van der Waals surface area contributed by atoms with E-state index >= 15 is 0 Å². The summed E-state index contributed by atoms with van der Waals surface area (Å²) >= 11 is 1.35. The van der Waals surface area contributed by atoms with Crippen molar-refractivity contribution in [1.82, 2.24) is 0 Å². The minimum atomic E-state index is 0.242. The molecule has 3 heteroatoms. The van der Waals surface area contributed by atoms with Crippen LogP contribution < -0.4 is 0 Å². The molecular weight excluding hydrogens is 172 g/mol. The monoisotopic (exact) mass is 178 g/mol. The molecule has 0 radical (unpaired) electrons. The maximum atomic E-state index is 10.3. The summed E-state index contributed by atoms with van der Waals surface area (Å²) in [6.07, 6.45) is 1.78. The number of hydrogen-bond acceptors (Lipinski definition) is 3. The Bertz CT molecular complexity index is 341. The van der Waals surface area contributed by atoms with E-state index in [0.29, 0.717) is 4.88 Å². The molecule has 0 saturated heterocycles. The second-order valence-electron chi connectivity index (χ2n) is 2.03. The summed E-state index contributed by atoms with van der Waals surface area (Å²) in [5, 5.41) is 1.79. The molecule has 0 aromatic carbocycles. The Morgan fingerprint density at radius 2 is 2.33 bits per heavy atom. The van der Waals surface area contributed by atoms with Gasteiger partial charge in [0.2, 0.25) is 0 Å². The number of thiophene rings is 1. The predicted molar refractivity (Wildman–Crippen MR) is 47.3 cm³/mol. The summed E-state index contributed by atoms with van der Waals surface area (Å²) in [5.41, 5.74) is 0.795. The van der Waals surface area contributed by atoms with Crippen molar-refractivity contribution in [2.24, 2.45) is 0 Å². The van der Waals surface area contributed by atoms with Crippen LogP contribution in [0.25, 0.3) is 0 Å². The van der Waals surface area contributed by atoms with Gasteiger partial charge in [-0.05, 0) is 6.07 Å². The molecule has 0 spiro atoms. The third-order valence-electron chi connectivity index (χ3n) is 1.15. The molecule has 0 aliphatic carbocycles. The molecule has 0 amide bonds. The van der Waals surface area contributed by atoms with Gasteiger partial charge in [-0.15, -0.1) is 11.3 Å². The zero-order chi connectivity index (χ0) is 8.81. The third kappa shape index (κ3) is 2.33.